The fourth-order valence-electron chi connectivity index (χ4n) is 3.62. The van der Waals surface area contributed by atoms with Crippen LogP contribution in [0.2, 0.25) is 0 Å². The maximum Gasteiger partial charge on any atom is 0.295 e. The fraction of sp³-hybridized carbons (Fsp3) is 0.120. The Labute approximate surface area is 205 Å². The van der Waals surface area contributed by atoms with Gasteiger partial charge >= 0.3 is 0 Å². The SMILES string of the molecule is O=CC/C=N/N=c1/ccc2c(-c3ccccc3S(=O)(=O)O)c3ccc(N=NCCC=O)cc3oc-2c1. The van der Waals surface area contributed by atoms with E-state index in [1.54, 1.807) is 48.5 Å². The van der Waals surface area contributed by atoms with Gasteiger partial charge in [0.15, 0.2) is 0 Å². The summed E-state index contributed by atoms with van der Waals surface area (Å²) in [5.74, 6) is 0.379. The van der Waals surface area contributed by atoms with Gasteiger partial charge in [-0.25, -0.2) is 0 Å². The summed E-state index contributed by atoms with van der Waals surface area (Å²) in [7, 11) is -4.53. The minimum absolute atomic E-state index is 0.132. The molecule has 2 aromatic carbocycles. The lowest BCUT2D eigenvalue weighted by molar-refractivity contribution is -0.108. The lowest BCUT2D eigenvalue weighted by atomic mass is 9.93. The molecule has 0 radical (unpaired) electrons. The number of fused-ring (bicyclic) bond motifs is 2. The molecule has 0 spiro atoms. The van der Waals surface area contributed by atoms with Gasteiger partial charge in [0.1, 0.15) is 28.8 Å². The summed E-state index contributed by atoms with van der Waals surface area (Å²) in [6, 6.07) is 16.2. The summed E-state index contributed by atoms with van der Waals surface area (Å²) in [5, 5.41) is 17.0. The van der Waals surface area contributed by atoms with Crippen LogP contribution in [0.5, 0.6) is 0 Å². The highest BCUT2D eigenvalue weighted by Crippen LogP contribution is 2.42. The zero-order valence-electron chi connectivity index (χ0n) is 18.8. The first-order chi connectivity index (χ1) is 17.4. The van der Waals surface area contributed by atoms with Crippen LogP contribution in [-0.4, -0.2) is 38.3 Å². The zero-order valence-corrected chi connectivity index (χ0v) is 19.6. The summed E-state index contributed by atoms with van der Waals surface area (Å²) >= 11 is 0. The minimum atomic E-state index is -4.53. The monoisotopic (exact) mass is 504 g/mol. The van der Waals surface area contributed by atoms with Gasteiger partial charge in [0.25, 0.3) is 10.1 Å². The van der Waals surface area contributed by atoms with Crippen molar-refractivity contribution < 1.29 is 27.0 Å². The Bertz CT molecular complexity index is 1640. The van der Waals surface area contributed by atoms with Gasteiger partial charge in [0.2, 0.25) is 0 Å². The number of hydrogen-bond acceptors (Lipinski definition) is 9. The van der Waals surface area contributed by atoms with Crippen molar-refractivity contribution in [3.05, 3.63) is 66.0 Å². The van der Waals surface area contributed by atoms with Crippen molar-refractivity contribution in [1.29, 1.82) is 0 Å². The average molecular weight is 505 g/mol. The summed E-state index contributed by atoms with van der Waals surface area (Å²) in [6.45, 7) is 0.249. The van der Waals surface area contributed by atoms with E-state index in [-0.39, 0.29) is 24.3 Å². The molecule has 10 nitrogen and oxygen atoms in total. The largest absolute Gasteiger partial charge is 0.456 e. The lowest BCUT2D eigenvalue weighted by Gasteiger charge is -2.17. The van der Waals surface area contributed by atoms with Crippen molar-refractivity contribution in [2.24, 2.45) is 20.4 Å². The Morgan fingerprint density at radius 1 is 0.944 bits per heavy atom. The van der Waals surface area contributed by atoms with Gasteiger partial charge in [-0.3, -0.25) is 4.55 Å². The molecule has 4 rings (SSSR count). The third-order valence-electron chi connectivity index (χ3n) is 5.11. The van der Waals surface area contributed by atoms with Gasteiger partial charge in [-0.15, -0.1) is 0 Å². The molecule has 36 heavy (non-hydrogen) atoms. The minimum Gasteiger partial charge on any atom is -0.456 e. The number of nitrogens with zero attached hydrogens (tertiary/aromatic N) is 4. The summed E-state index contributed by atoms with van der Waals surface area (Å²) in [4.78, 5) is 20.7. The van der Waals surface area contributed by atoms with E-state index < -0.39 is 10.1 Å². The second-order valence-electron chi connectivity index (χ2n) is 7.53. The maximum absolute atomic E-state index is 12.2. The second kappa shape index (κ2) is 10.9. The molecule has 1 heterocycles. The first-order valence-corrected chi connectivity index (χ1v) is 12.2. The number of benzene rings is 3. The Morgan fingerprint density at radius 3 is 2.56 bits per heavy atom. The van der Waals surface area contributed by atoms with Crippen LogP contribution in [0.15, 0.2) is 90.4 Å². The van der Waals surface area contributed by atoms with Gasteiger partial charge in [-0.2, -0.15) is 28.8 Å². The van der Waals surface area contributed by atoms with E-state index in [0.717, 1.165) is 6.29 Å². The molecule has 0 amide bonds. The summed E-state index contributed by atoms with van der Waals surface area (Å²) in [5.41, 5.74) is 2.26. The van der Waals surface area contributed by atoms with E-state index in [9.17, 15) is 22.6 Å². The normalized spacial score (nSPS) is 12.8. The smallest absolute Gasteiger partial charge is 0.295 e. The number of hydrogen-bond donors (Lipinski definition) is 1. The topological polar surface area (TPSA) is 151 Å². The highest BCUT2D eigenvalue weighted by atomic mass is 32.2. The first kappa shape index (κ1) is 24.8. The standard InChI is InChI=1S/C25H20N4O6S/c30-13-3-11-26-28-17-7-9-19-22(15-17)35-23-16-18(29-27-12-4-14-31)8-10-20(23)25(19)21-5-1-2-6-24(21)36(32,33)34/h1-2,5-11,13-16H,3-4,12H2,(H,32,33,34)/b26-11+,28-17-,29-27?. The molecule has 0 atom stereocenters. The molecular weight excluding hydrogens is 484 g/mol. The molecular formula is C25H20N4O6S. The van der Waals surface area contributed by atoms with Crippen LogP contribution in [-0.2, 0) is 19.7 Å². The van der Waals surface area contributed by atoms with Crippen LogP contribution in [0.1, 0.15) is 12.8 Å². The van der Waals surface area contributed by atoms with Gasteiger partial charge < -0.3 is 14.0 Å². The number of azo groups is 1. The number of carbonyl (C=O) groups excluding carboxylic acids is 2. The van der Waals surface area contributed by atoms with Crippen molar-refractivity contribution in [3.63, 3.8) is 0 Å². The van der Waals surface area contributed by atoms with Crippen molar-refractivity contribution >= 4 is 45.6 Å². The molecule has 1 aliphatic carbocycles. The molecule has 0 aromatic heterocycles. The summed E-state index contributed by atoms with van der Waals surface area (Å²) in [6.07, 6.45) is 3.21. The molecule has 182 valence electrons. The second-order valence-corrected chi connectivity index (χ2v) is 8.92. The van der Waals surface area contributed by atoms with E-state index in [0.29, 0.717) is 50.8 Å². The van der Waals surface area contributed by atoms with Crippen LogP contribution >= 0.6 is 0 Å². The quantitative estimate of drug-likeness (QED) is 0.0669. The molecule has 1 N–H and O–H groups in total. The molecule has 11 heteroatoms. The van der Waals surface area contributed by atoms with Crippen LogP contribution in [0.4, 0.5) is 5.69 Å². The van der Waals surface area contributed by atoms with Crippen LogP contribution in [0, 0.1) is 0 Å². The maximum atomic E-state index is 12.2. The van der Waals surface area contributed by atoms with Crippen molar-refractivity contribution in [2.75, 3.05) is 6.54 Å². The average Bonchev–Trinajstić information content (AvgIpc) is 2.87. The first-order valence-electron chi connectivity index (χ1n) is 10.8. The Morgan fingerprint density at radius 2 is 1.78 bits per heavy atom. The molecule has 0 bridgehead atoms. The molecule has 0 saturated heterocycles. The number of aldehydes is 2. The zero-order chi connectivity index (χ0) is 25.5. The van der Waals surface area contributed by atoms with Crippen molar-refractivity contribution in [2.45, 2.75) is 17.7 Å². The molecule has 2 aromatic rings. The number of rotatable bonds is 9. The van der Waals surface area contributed by atoms with Crippen molar-refractivity contribution in [3.8, 4) is 22.5 Å². The predicted molar refractivity (Wildman–Crippen MR) is 133 cm³/mol. The van der Waals surface area contributed by atoms with Crippen LogP contribution < -0.4 is 5.36 Å². The van der Waals surface area contributed by atoms with E-state index in [2.05, 4.69) is 20.4 Å². The third-order valence-corrected chi connectivity index (χ3v) is 6.02. The summed E-state index contributed by atoms with van der Waals surface area (Å²) < 4.78 is 40.4. The van der Waals surface area contributed by atoms with Gasteiger partial charge in [-0.05, 0) is 30.3 Å². The van der Waals surface area contributed by atoms with E-state index in [1.807, 2.05) is 0 Å². The van der Waals surface area contributed by atoms with Gasteiger partial charge in [-0.1, -0.05) is 18.2 Å². The number of carbonyl (C=O) groups is 2. The predicted octanol–water partition coefficient (Wildman–Crippen LogP) is 4.60. The van der Waals surface area contributed by atoms with E-state index in [1.165, 1.54) is 18.3 Å². The van der Waals surface area contributed by atoms with E-state index >= 15 is 0 Å². The Balaban J connectivity index is 2.00. The molecule has 0 unspecified atom stereocenters. The van der Waals surface area contributed by atoms with Crippen molar-refractivity contribution in [1.82, 2.24) is 0 Å². The van der Waals surface area contributed by atoms with E-state index in [4.69, 9.17) is 4.42 Å². The Hall–Kier alpha value is -4.35. The van der Waals surface area contributed by atoms with Crippen LogP contribution in [0.25, 0.3) is 33.4 Å². The molecule has 2 aliphatic rings. The lowest BCUT2D eigenvalue weighted by Crippen LogP contribution is -2.04. The fourth-order valence-corrected chi connectivity index (χ4v) is 4.32. The van der Waals surface area contributed by atoms with Gasteiger partial charge in [0.05, 0.1) is 17.6 Å². The molecule has 0 saturated carbocycles. The van der Waals surface area contributed by atoms with Gasteiger partial charge in [0, 0.05) is 53.3 Å². The highest BCUT2D eigenvalue weighted by Gasteiger charge is 2.23. The highest BCUT2D eigenvalue weighted by molar-refractivity contribution is 7.86. The van der Waals surface area contributed by atoms with Crippen LogP contribution in [0.3, 0.4) is 0 Å². The Kier molecular flexibility index (Phi) is 7.52. The molecule has 1 aliphatic heterocycles. The third kappa shape index (κ3) is 5.48. The molecule has 0 fully saturated rings.